The molecule has 0 saturated carbocycles. The van der Waals surface area contributed by atoms with Crippen LogP contribution < -0.4 is 5.32 Å². The van der Waals surface area contributed by atoms with Gasteiger partial charge in [-0.1, -0.05) is 17.7 Å². The minimum Gasteiger partial charge on any atom is -0.381 e. The number of nitrogens with one attached hydrogen (secondary N) is 1. The number of hydrogen-bond donors (Lipinski definition) is 1. The molecule has 0 aliphatic carbocycles. The van der Waals surface area contributed by atoms with Crippen molar-refractivity contribution in [3.05, 3.63) is 58.9 Å². The van der Waals surface area contributed by atoms with Crippen LogP contribution in [0.15, 0.2) is 47.4 Å². The monoisotopic (exact) mass is 341 g/mol. The summed E-state index contributed by atoms with van der Waals surface area (Å²) in [6.07, 6.45) is 0. The Hall–Kier alpha value is -1.59. The molecule has 0 atom stereocenters. The Balaban J connectivity index is 2.23. The molecule has 2 rings (SSSR count). The lowest BCUT2D eigenvalue weighted by Gasteiger charge is -2.12. The normalized spacial score (nSPS) is 11.7. The minimum atomic E-state index is -3.53. The molecular formula is C16H17ClFNO2S. The van der Waals surface area contributed by atoms with Crippen molar-refractivity contribution in [1.82, 2.24) is 0 Å². The van der Waals surface area contributed by atoms with E-state index >= 15 is 0 Å². The van der Waals surface area contributed by atoms with E-state index < -0.39 is 15.7 Å². The molecule has 2 aromatic carbocycles. The highest BCUT2D eigenvalue weighted by molar-refractivity contribution is 7.90. The highest BCUT2D eigenvalue weighted by atomic mass is 35.5. The summed E-state index contributed by atoms with van der Waals surface area (Å²) in [4.78, 5) is 0.168. The van der Waals surface area contributed by atoms with E-state index in [-0.39, 0.29) is 16.7 Å². The summed E-state index contributed by atoms with van der Waals surface area (Å²) >= 11 is 5.75. The van der Waals surface area contributed by atoms with Gasteiger partial charge in [0.2, 0.25) is 0 Å². The largest absolute Gasteiger partial charge is 0.381 e. The van der Waals surface area contributed by atoms with Gasteiger partial charge in [0, 0.05) is 11.1 Å². The molecule has 22 heavy (non-hydrogen) atoms. The average molecular weight is 342 g/mol. The molecule has 2 aromatic rings. The Morgan fingerprint density at radius 1 is 1.14 bits per heavy atom. The molecule has 0 bridgehead atoms. The molecule has 0 spiro atoms. The zero-order valence-electron chi connectivity index (χ0n) is 12.3. The lowest BCUT2D eigenvalue weighted by Crippen LogP contribution is -2.11. The summed E-state index contributed by atoms with van der Waals surface area (Å²) in [6.45, 7) is 3.80. The molecule has 0 aliphatic heterocycles. The Morgan fingerprint density at radius 3 is 2.32 bits per heavy atom. The van der Waals surface area contributed by atoms with Crippen LogP contribution in [-0.2, 0) is 15.6 Å². The smallest absolute Gasteiger partial charge is 0.182 e. The first-order valence-corrected chi connectivity index (χ1v) is 8.84. The van der Waals surface area contributed by atoms with E-state index in [4.69, 9.17) is 11.6 Å². The SMILES string of the molecule is CC(C)Nc1ccc(CS(=O)(=O)c2ccc(Cl)cc2)cc1F. The summed E-state index contributed by atoms with van der Waals surface area (Å²) in [7, 11) is -3.53. The van der Waals surface area contributed by atoms with Crippen LogP contribution in [0.4, 0.5) is 10.1 Å². The van der Waals surface area contributed by atoms with Gasteiger partial charge in [0.15, 0.2) is 9.84 Å². The Bertz CT molecular complexity index is 758. The Labute approximate surface area is 135 Å². The first-order chi connectivity index (χ1) is 10.3. The molecule has 0 radical (unpaired) electrons. The van der Waals surface area contributed by atoms with Crippen molar-refractivity contribution >= 4 is 27.1 Å². The van der Waals surface area contributed by atoms with Crippen molar-refractivity contribution in [1.29, 1.82) is 0 Å². The number of benzene rings is 2. The summed E-state index contributed by atoms with van der Waals surface area (Å²) < 4.78 is 38.6. The molecule has 0 heterocycles. The van der Waals surface area contributed by atoms with Gasteiger partial charge < -0.3 is 5.32 Å². The van der Waals surface area contributed by atoms with E-state index in [1.54, 1.807) is 12.1 Å². The molecule has 6 heteroatoms. The van der Waals surface area contributed by atoms with Crippen LogP contribution in [0.1, 0.15) is 19.4 Å². The van der Waals surface area contributed by atoms with Gasteiger partial charge >= 0.3 is 0 Å². The molecule has 118 valence electrons. The Morgan fingerprint density at radius 2 is 1.77 bits per heavy atom. The van der Waals surface area contributed by atoms with Crippen molar-refractivity contribution in [2.75, 3.05) is 5.32 Å². The van der Waals surface area contributed by atoms with E-state index in [0.29, 0.717) is 16.3 Å². The van der Waals surface area contributed by atoms with Crippen molar-refractivity contribution < 1.29 is 12.8 Å². The second-order valence-corrected chi connectivity index (χ2v) is 7.75. The molecule has 0 unspecified atom stereocenters. The van der Waals surface area contributed by atoms with Crippen LogP contribution in [0.3, 0.4) is 0 Å². The summed E-state index contributed by atoms with van der Waals surface area (Å²) in [5.74, 6) is -0.717. The van der Waals surface area contributed by atoms with Gasteiger partial charge in [-0.3, -0.25) is 0 Å². The summed E-state index contributed by atoms with van der Waals surface area (Å²) in [6, 6.07) is 10.4. The van der Waals surface area contributed by atoms with Gasteiger partial charge in [-0.25, -0.2) is 12.8 Å². The summed E-state index contributed by atoms with van der Waals surface area (Å²) in [5, 5.41) is 3.43. The standard InChI is InChI=1S/C16H17ClFNO2S/c1-11(2)19-16-8-3-12(9-15(16)18)10-22(20,21)14-6-4-13(17)5-7-14/h3-9,11,19H,10H2,1-2H3. The highest BCUT2D eigenvalue weighted by Gasteiger charge is 2.16. The molecule has 0 aromatic heterocycles. The maximum Gasteiger partial charge on any atom is 0.182 e. The third-order valence-corrected chi connectivity index (χ3v) is 4.96. The number of rotatable bonds is 5. The molecule has 0 amide bonds. The lowest BCUT2D eigenvalue weighted by atomic mass is 10.2. The molecule has 0 saturated heterocycles. The fourth-order valence-electron chi connectivity index (χ4n) is 2.02. The first-order valence-electron chi connectivity index (χ1n) is 6.81. The topological polar surface area (TPSA) is 46.2 Å². The van der Waals surface area contributed by atoms with Crippen LogP contribution >= 0.6 is 11.6 Å². The van der Waals surface area contributed by atoms with Gasteiger partial charge in [-0.2, -0.15) is 0 Å². The van der Waals surface area contributed by atoms with Gasteiger partial charge in [-0.15, -0.1) is 0 Å². The summed E-state index contributed by atoms with van der Waals surface area (Å²) in [5.41, 5.74) is 0.768. The van der Waals surface area contributed by atoms with Crippen LogP contribution in [0.2, 0.25) is 5.02 Å². The first kappa shape index (κ1) is 16.8. The van der Waals surface area contributed by atoms with Crippen LogP contribution in [0.5, 0.6) is 0 Å². The van der Waals surface area contributed by atoms with Crippen LogP contribution in [-0.4, -0.2) is 14.5 Å². The second-order valence-electron chi connectivity index (χ2n) is 5.33. The van der Waals surface area contributed by atoms with E-state index in [9.17, 15) is 12.8 Å². The van der Waals surface area contributed by atoms with Crippen LogP contribution in [0.25, 0.3) is 0 Å². The fourth-order valence-corrected chi connectivity index (χ4v) is 3.48. The third-order valence-electron chi connectivity index (χ3n) is 3.01. The average Bonchev–Trinajstić information content (AvgIpc) is 2.41. The molecule has 1 N–H and O–H groups in total. The van der Waals surface area contributed by atoms with E-state index in [1.165, 1.54) is 30.3 Å². The predicted octanol–water partition coefficient (Wildman–Crippen LogP) is 4.27. The Kier molecular flexibility index (Phi) is 5.08. The van der Waals surface area contributed by atoms with Crippen molar-refractivity contribution in [2.45, 2.75) is 30.5 Å². The van der Waals surface area contributed by atoms with Crippen molar-refractivity contribution in [3.63, 3.8) is 0 Å². The van der Waals surface area contributed by atoms with E-state index in [0.717, 1.165) is 0 Å². The molecule has 0 aliphatic rings. The number of halogens is 2. The zero-order chi connectivity index (χ0) is 16.3. The van der Waals surface area contributed by atoms with Crippen molar-refractivity contribution in [2.24, 2.45) is 0 Å². The molecular weight excluding hydrogens is 325 g/mol. The van der Waals surface area contributed by atoms with E-state index in [1.807, 2.05) is 13.8 Å². The zero-order valence-corrected chi connectivity index (χ0v) is 13.9. The third kappa shape index (κ3) is 4.21. The van der Waals surface area contributed by atoms with Gasteiger partial charge in [-0.05, 0) is 55.8 Å². The maximum atomic E-state index is 14.0. The van der Waals surface area contributed by atoms with Gasteiger partial charge in [0.1, 0.15) is 5.82 Å². The highest BCUT2D eigenvalue weighted by Crippen LogP contribution is 2.22. The fraction of sp³-hybridized carbons (Fsp3) is 0.250. The number of sulfone groups is 1. The van der Waals surface area contributed by atoms with Crippen LogP contribution in [0, 0.1) is 5.82 Å². The second kappa shape index (κ2) is 6.67. The molecule has 3 nitrogen and oxygen atoms in total. The lowest BCUT2D eigenvalue weighted by molar-refractivity contribution is 0.594. The van der Waals surface area contributed by atoms with E-state index in [2.05, 4.69) is 5.32 Å². The molecule has 0 fully saturated rings. The van der Waals surface area contributed by atoms with Gasteiger partial charge in [0.25, 0.3) is 0 Å². The number of anilines is 1. The quantitative estimate of drug-likeness (QED) is 0.883. The predicted molar refractivity (Wildman–Crippen MR) is 87.5 cm³/mol. The minimum absolute atomic E-state index is 0.0955. The maximum absolute atomic E-state index is 14.0. The van der Waals surface area contributed by atoms with Crippen molar-refractivity contribution in [3.8, 4) is 0 Å². The van der Waals surface area contributed by atoms with Gasteiger partial charge in [0.05, 0.1) is 16.3 Å². The number of hydrogen-bond acceptors (Lipinski definition) is 3.